The number of aromatic hydroxyl groups is 1. The molecule has 7 heteroatoms. The van der Waals surface area contributed by atoms with Gasteiger partial charge in [0.25, 0.3) is 5.91 Å². The van der Waals surface area contributed by atoms with Gasteiger partial charge in [-0.05, 0) is 60.5 Å². The summed E-state index contributed by atoms with van der Waals surface area (Å²) in [6, 6.07) is 11.1. The zero-order chi connectivity index (χ0) is 21.1. The summed E-state index contributed by atoms with van der Waals surface area (Å²) in [4.78, 5) is 20.0. The summed E-state index contributed by atoms with van der Waals surface area (Å²) in [5.74, 6) is 0.334. The number of aliphatic imine (C=N–C) groups is 1. The maximum absolute atomic E-state index is 13.0. The van der Waals surface area contributed by atoms with Crippen LogP contribution in [-0.2, 0) is 4.79 Å². The SMILES string of the molecule is COc1cc(/C=C2/SC(=Nc3ccc(C)cc3)N(CC(C)C)C2=O)cc(Cl)c1O. The molecule has 29 heavy (non-hydrogen) atoms. The number of methoxy groups -OCH3 is 1. The molecule has 0 aliphatic carbocycles. The molecule has 0 spiro atoms. The summed E-state index contributed by atoms with van der Waals surface area (Å²) in [6.45, 7) is 6.72. The number of hydrogen-bond donors (Lipinski definition) is 1. The van der Waals surface area contributed by atoms with Gasteiger partial charge in [-0.1, -0.05) is 43.1 Å². The molecule has 1 aliphatic rings. The highest BCUT2D eigenvalue weighted by Crippen LogP contribution is 2.38. The van der Waals surface area contributed by atoms with Crippen molar-refractivity contribution in [2.75, 3.05) is 13.7 Å². The minimum absolute atomic E-state index is 0.0993. The predicted molar refractivity (Wildman–Crippen MR) is 120 cm³/mol. The summed E-state index contributed by atoms with van der Waals surface area (Å²) in [5.41, 5.74) is 2.62. The third-order valence-corrected chi connectivity index (χ3v) is 5.56. The standard InChI is InChI=1S/C22H23ClN2O3S/c1-13(2)12-25-21(27)19(11-15-9-17(23)20(26)18(10-15)28-4)29-22(25)24-16-7-5-14(3)6-8-16/h5-11,13,26H,12H2,1-4H3/b19-11+,24-22?. The lowest BCUT2D eigenvalue weighted by Crippen LogP contribution is -2.32. The lowest BCUT2D eigenvalue weighted by Gasteiger charge is -2.17. The highest BCUT2D eigenvalue weighted by molar-refractivity contribution is 8.18. The molecule has 1 saturated heterocycles. The molecule has 152 valence electrons. The number of benzene rings is 2. The molecule has 1 aliphatic heterocycles. The van der Waals surface area contributed by atoms with Crippen LogP contribution >= 0.6 is 23.4 Å². The Bertz CT molecular complexity index is 984. The molecule has 0 aromatic heterocycles. The fraction of sp³-hybridized carbons (Fsp3) is 0.273. The minimum atomic E-state index is -0.121. The molecule has 2 aromatic rings. The van der Waals surface area contributed by atoms with Gasteiger partial charge in [0.1, 0.15) is 0 Å². The van der Waals surface area contributed by atoms with E-state index in [9.17, 15) is 9.90 Å². The van der Waals surface area contributed by atoms with Crippen LogP contribution in [0.2, 0.25) is 5.02 Å². The van der Waals surface area contributed by atoms with Crippen LogP contribution in [0.5, 0.6) is 11.5 Å². The zero-order valence-corrected chi connectivity index (χ0v) is 18.3. The number of phenols is 1. The first-order valence-corrected chi connectivity index (χ1v) is 10.4. The molecular formula is C22H23ClN2O3S. The second-order valence-electron chi connectivity index (χ2n) is 7.20. The molecular weight excluding hydrogens is 408 g/mol. The Morgan fingerprint density at radius 1 is 1.28 bits per heavy atom. The number of carbonyl (C=O) groups is 1. The van der Waals surface area contributed by atoms with Gasteiger partial charge in [0.2, 0.25) is 0 Å². The van der Waals surface area contributed by atoms with Gasteiger partial charge >= 0.3 is 0 Å². The van der Waals surface area contributed by atoms with Crippen LogP contribution < -0.4 is 4.74 Å². The normalized spacial score (nSPS) is 17.0. The third kappa shape index (κ3) is 4.95. The number of phenolic OH excluding ortho intramolecular Hbond substituents is 1. The van der Waals surface area contributed by atoms with Crippen molar-refractivity contribution < 1.29 is 14.6 Å². The summed E-state index contributed by atoms with van der Waals surface area (Å²) >= 11 is 7.41. The van der Waals surface area contributed by atoms with Gasteiger partial charge in [0.15, 0.2) is 16.7 Å². The smallest absolute Gasteiger partial charge is 0.266 e. The maximum atomic E-state index is 13.0. The topological polar surface area (TPSA) is 62.1 Å². The van der Waals surface area contributed by atoms with Crippen molar-refractivity contribution in [3.63, 3.8) is 0 Å². The quantitative estimate of drug-likeness (QED) is 0.625. The summed E-state index contributed by atoms with van der Waals surface area (Å²) in [5, 5.41) is 10.7. The van der Waals surface area contributed by atoms with E-state index >= 15 is 0 Å². The van der Waals surface area contributed by atoms with Crippen molar-refractivity contribution in [1.29, 1.82) is 0 Å². The molecule has 1 heterocycles. The Balaban J connectivity index is 1.99. The van der Waals surface area contributed by atoms with E-state index in [4.69, 9.17) is 21.3 Å². The van der Waals surface area contributed by atoms with E-state index in [2.05, 4.69) is 13.8 Å². The van der Waals surface area contributed by atoms with Crippen LogP contribution in [0.25, 0.3) is 6.08 Å². The number of hydrogen-bond acceptors (Lipinski definition) is 5. The van der Waals surface area contributed by atoms with E-state index in [1.165, 1.54) is 18.9 Å². The minimum Gasteiger partial charge on any atom is -0.503 e. The number of amides is 1. The average Bonchev–Trinajstić information content (AvgIpc) is 2.94. The largest absolute Gasteiger partial charge is 0.503 e. The highest BCUT2D eigenvalue weighted by Gasteiger charge is 2.33. The molecule has 1 fully saturated rings. The number of ether oxygens (including phenoxy) is 1. The maximum Gasteiger partial charge on any atom is 0.266 e. The second kappa shape index (κ2) is 8.93. The first-order chi connectivity index (χ1) is 13.8. The lowest BCUT2D eigenvalue weighted by atomic mass is 10.1. The monoisotopic (exact) mass is 430 g/mol. The van der Waals surface area contributed by atoms with Gasteiger partial charge < -0.3 is 9.84 Å². The summed E-state index contributed by atoms with van der Waals surface area (Å²) < 4.78 is 5.15. The number of thioether (sulfide) groups is 1. The molecule has 0 bridgehead atoms. The van der Waals surface area contributed by atoms with Gasteiger partial charge in [-0.15, -0.1) is 0 Å². The van der Waals surface area contributed by atoms with E-state index < -0.39 is 0 Å². The molecule has 0 unspecified atom stereocenters. The van der Waals surface area contributed by atoms with Crippen molar-refractivity contribution in [2.45, 2.75) is 20.8 Å². The Kier molecular flexibility index (Phi) is 6.55. The molecule has 0 radical (unpaired) electrons. The Morgan fingerprint density at radius 2 is 1.97 bits per heavy atom. The van der Waals surface area contributed by atoms with Crippen molar-refractivity contribution in [2.24, 2.45) is 10.9 Å². The van der Waals surface area contributed by atoms with Crippen LogP contribution in [0, 0.1) is 12.8 Å². The number of carbonyl (C=O) groups excluding carboxylic acids is 1. The zero-order valence-electron chi connectivity index (χ0n) is 16.8. The molecule has 1 amide bonds. The van der Waals surface area contributed by atoms with Gasteiger partial charge in [-0.25, -0.2) is 4.99 Å². The molecule has 1 N–H and O–H groups in total. The van der Waals surface area contributed by atoms with Crippen LogP contribution in [0.4, 0.5) is 5.69 Å². The Morgan fingerprint density at radius 3 is 2.59 bits per heavy atom. The molecule has 2 aromatic carbocycles. The van der Waals surface area contributed by atoms with E-state index in [1.54, 1.807) is 23.1 Å². The van der Waals surface area contributed by atoms with Crippen molar-refractivity contribution >= 4 is 46.2 Å². The van der Waals surface area contributed by atoms with Crippen LogP contribution in [-0.4, -0.2) is 34.7 Å². The predicted octanol–water partition coefficient (Wildman–Crippen LogP) is 5.62. The van der Waals surface area contributed by atoms with E-state index in [0.29, 0.717) is 28.1 Å². The summed E-state index contributed by atoms with van der Waals surface area (Å²) in [6.07, 6.45) is 1.74. The van der Waals surface area contributed by atoms with Crippen molar-refractivity contribution in [1.82, 2.24) is 4.90 Å². The molecule has 0 saturated carbocycles. The number of nitrogens with zero attached hydrogens (tertiary/aromatic N) is 2. The Labute approximate surface area is 180 Å². The average molecular weight is 431 g/mol. The fourth-order valence-electron chi connectivity index (χ4n) is 2.83. The van der Waals surface area contributed by atoms with Gasteiger partial charge in [0.05, 0.1) is 22.7 Å². The number of halogens is 1. The van der Waals surface area contributed by atoms with Crippen molar-refractivity contribution in [3.05, 3.63) is 57.5 Å². The Hall–Kier alpha value is -2.44. The second-order valence-corrected chi connectivity index (χ2v) is 8.62. The van der Waals surface area contributed by atoms with Crippen LogP contribution in [0.3, 0.4) is 0 Å². The van der Waals surface area contributed by atoms with Gasteiger partial charge in [-0.3, -0.25) is 9.69 Å². The molecule has 5 nitrogen and oxygen atoms in total. The van der Waals surface area contributed by atoms with E-state index in [-0.39, 0.29) is 22.4 Å². The molecule has 3 rings (SSSR count). The van der Waals surface area contributed by atoms with Crippen molar-refractivity contribution in [3.8, 4) is 11.5 Å². The van der Waals surface area contributed by atoms with Crippen LogP contribution in [0.15, 0.2) is 46.3 Å². The highest BCUT2D eigenvalue weighted by atomic mass is 35.5. The van der Waals surface area contributed by atoms with E-state index in [1.807, 2.05) is 31.2 Å². The first kappa shape index (κ1) is 21.3. The fourth-order valence-corrected chi connectivity index (χ4v) is 4.06. The molecule has 0 atom stereocenters. The summed E-state index contributed by atoms with van der Waals surface area (Å²) in [7, 11) is 1.45. The first-order valence-electron chi connectivity index (χ1n) is 9.21. The number of aryl methyl sites for hydroxylation is 1. The lowest BCUT2D eigenvalue weighted by molar-refractivity contribution is -0.122. The van der Waals surface area contributed by atoms with E-state index in [0.717, 1.165) is 11.3 Å². The number of rotatable bonds is 5. The number of amidine groups is 1. The van der Waals surface area contributed by atoms with Crippen LogP contribution in [0.1, 0.15) is 25.0 Å². The van der Waals surface area contributed by atoms with Gasteiger partial charge in [-0.2, -0.15) is 0 Å². The van der Waals surface area contributed by atoms with Gasteiger partial charge in [0, 0.05) is 6.54 Å². The third-order valence-electron chi connectivity index (χ3n) is 4.26.